The van der Waals surface area contributed by atoms with Crippen LogP contribution >= 0.6 is 11.3 Å². The molecular weight excluding hydrogens is 208 g/mol. The van der Waals surface area contributed by atoms with Crippen molar-refractivity contribution in [3.05, 3.63) is 40.4 Å². The minimum atomic E-state index is 0.777. The number of nitrogens with zero attached hydrogens (tertiary/aromatic N) is 3. The Kier molecular flexibility index (Phi) is 3.37. The van der Waals surface area contributed by atoms with Gasteiger partial charge in [-0.15, -0.1) is 11.3 Å². The Labute approximate surface area is 92.4 Å². The van der Waals surface area contributed by atoms with Crippen LogP contribution in [-0.4, -0.2) is 15.0 Å². The van der Waals surface area contributed by atoms with Gasteiger partial charge in [-0.3, -0.25) is 0 Å². The van der Waals surface area contributed by atoms with Crippen molar-refractivity contribution in [3.8, 4) is 0 Å². The highest BCUT2D eigenvalue weighted by Crippen LogP contribution is 2.10. The van der Waals surface area contributed by atoms with Crippen LogP contribution in [0.4, 0.5) is 0 Å². The molecule has 0 aliphatic heterocycles. The summed E-state index contributed by atoms with van der Waals surface area (Å²) in [6.45, 7) is 3.64. The molecule has 1 N–H and O–H groups in total. The van der Waals surface area contributed by atoms with Gasteiger partial charge < -0.3 is 5.32 Å². The molecule has 0 saturated carbocycles. The molecule has 0 aliphatic rings. The second-order valence-corrected chi connectivity index (χ2v) is 4.53. The minimum Gasteiger partial charge on any atom is -0.306 e. The molecule has 4 nitrogen and oxygen atoms in total. The van der Waals surface area contributed by atoms with Gasteiger partial charge in [-0.25, -0.2) is 15.0 Å². The van der Waals surface area contributed by atoms with Gasteiger partial charge in [-0.05, 0) is 6.92 Å². The fourth-order valence-corrected chi connectivity index (χ4v) is 1.97. The molecule has 0 radical (unpaired) electrons. The topological polar surface area (TPSA) is 50.7 Å². The maximum atomic E-state index is 4.27. The van der Waals surface area contributed by atoms with Crippen molar-refractivity contribution in [3.63, 3.8) is 0 Å². The van der Waals surface area contributed by atoms with E-state index in [1.165, 1.54) is 11.2 Å². The lowest BCUT2D eigenvalue weighted by Gasteiger charge is -2.00. The fraction of sp³-hybridized carbons (Fsp3) is 0.300. The van der Waals surface area contributed by atoms with Crippen molar-refractivity contribution in [2.75, 3.05) is 0 Å². The first-order chi connectivity index (χ1) is 7.34. The molecule has 15 heavy (non-hydrogen) atoms. The third-order valence-corrected chi connectivity index (χ3v) is 2.80. The van der Waals surface area contributed by atoms with Crippen molar-refractivity contribution < 1.29 is 0 Å². The zero-order valence-corrected chi connectivity index (χ0v) is 9.29. The molecule has 2 heterocycles. The monoisotopic (exact) mass is 220 g/mol. The molecule has 0 aliphatic carbocycles. The highest BCUT2D eigenvalue weighted by molar-refractivity contribution is 7.11. The first-order valence-electron chi connectivity index (χ1n) is 4.70. The van der Waals surface area contributed by atoms with E-state index in [0.717, 1.165) is 23.7 Å². The Balaban J connectivity index is 1.80. The van der Waals surface area contributed by atoms with E-state index in [1.807, 2.05) is 18.6 Å². The average Bonchev–Trinajstić information content (AvgIpc) is 2.66. The van der Waals surface area contributed by atoms with E-state index >= 15 is 0 Å². The van der Waals surface area contributed by atoms with Gasteiger partial charge in [0.05, 0.1) is 0 Å². The quantitative estimate of drug-likeness (QED) is 0.849. The molecule has 2 aromatic rings. The Morgan fingerprint density at radius 3 is 2.67 bits per heavy atom. The summed E-state index contributed by atoms with van der Waals surface area (Å²) in [5, 5.41) is 4.41. The van der Waals surface area contributed by atoms with Crippen LogP contribution < -0.4 is 5.32 Å². The molecule has 0 atom stereocenters. The third-order valence-electron chi connectivity index (χ3n) is 1.89. The zero-order valence-electron chi connectivity index (χ0n) is 8.47. The van der Waals surface area contributed by atoms with E-state index in [9.17, 15) is 0 Å². The van der Waals surface area contributed by atoms with E-state index in [-0.39, 0.29) is 0 Å². The van der Waals surface area contributed by atoms with Crippen molar-refractivity contribution in [2.24, 2.45) is 0 Å². The summed E-state index contributed by atoms with van der Waals surface area (Å²) in [7, 11) is 0. The molecule has 0 amide bonds. The number of hydrogen-bond donors (Lipinski definition) is 1. The normalized spacial score (nSPS) is 10.5. The van der Waals surface area contributed by atoms with Gasteiger partial charge in [0.25, 0.3) is 0 Å². The standard InChI is InChI=1S/C10H12N4S/c1-8-2-14-10(15-8)6-11-3-9-4-12-7-13-5-9/h2,4-5,7,11H,3,6H2,1H3. The summed E-state index contributed by atoms with van der Waals surface area (Å²) in [6, 6.07) is 0. The lowest BCUT2D eigenvalue weighted by atomic mass is 10.3. The van der Waals surface area contributed by atoms with Crippen molar-refractivity contribution in [1.82, 2.24) is 20.3 Å². The molecule has 0 unspecified atom stereocenters. The van der Waals surface area contributed by atoms with Crippen LogP contribution in [0.25, 0.3) is 0 Å². The average molecular weight is 220 g/mol. The van der Waals surface area contributed by atoms with Crippen LogP contribution in [-0.2, 0) is 13.1 Å². The second-order valence-electron chi connectivity index (χ2n) is 3.21. The van der Waals surface area contributed by atoms with Gasteiger partial charge in [0.2, 0.25) is 0 Å². The molecule has 0 saturated heterocycles. The van der Waals surface area contributed by atoms with Crippen LogP contribution in [0.5, 0.6) is 0 Å². The Morgan fingerprint density at radius 2 is 2.00 bits per heavy atom. The van der Waals surface area contributed by atoms with E-state index in [4.69, 9.17) is 0 Å². The largest absolute Gasteiger partial charge is 0.306 e. The summed E-state index contributed by atoms with van der Waals surface area (Å²) in [5.74, 6) is 0. The van der Waals surface area contributed by atoms with Gasteiger partial charge in [0.15, 0.2) is 0 Å². The van der Waals surface area contributed by atoms with Crippen molar-refractivity contribution in [1.29, 1.82) is 0 Å². The lowest BCUT2D eigenvalue weighted by Crippen LogP contribution is -2.12. The summed E-state index contributed by atoms with van der Waals surface area (Å²) in [5.41, 5.74) is 1.09. The SMILES string of the molecule is Cc1cnc(CNCc2cncnc2)s1. The van der Waals surface area contributed by atoms with E-state index < -0.39 is 0 Å². The van der Waals surface area contributed by atoms with Gasteiger partial charge in [-0.1, -0.05) is 0 Å². The van der Waals surface area contributed by atoms with E-state index in [2.05, 4.69) is 27.2 Å². The lowest BCUT2D eigenvalue weighted by molar-refractivity contribution is 0.685. The van der Waals surface area contributed by atoms with Gasteiger partial charge in [0.1, 0.15) is 11.3 Å². The van der Waals surface area contributed by atoms with Crippen LogP contribution in [0.3, 0.4) is 0 Å². The summed E-state index contributed by atoms with van der Waals surface area (Å²) in [4.78, 5) is 13.4. The van der Waals surface area contributed by atoms with Crippen molar-refractivity contribution >= 4 is 11.3 Å². The molecule has 78 valence electrons. The fourth-order valence-electron chi connectivity index (χ4n) is 1.22. The summed E-state index contributed by atoms with van der Waals surface area (Å²) >= 11 is 1.72. The molecule has 0 bridgehead atoms. The van der Waals surface area contributed by atoms with Gasteiger partial charge >= 0.3 is 0 Å². The zero-order chi connectivity index (χ0) is 10.5. The Hall–Kier alpha value is -1.33. The molecule has 5 heteroatoms. The number of rotatable bonds is 4. The first kappa shape index (κ1) is 10.2. The molecular formula is C10H12N4S. The summed E-state index contributed by atoms with van der Waals surface area (Å²) < 4.78 is 0. The highest BCUT2D eigenvalue weighted by atomic mass is 32.1. The van der Waals surface area contributed by atoms with Crippen LogP contribution in [0.1, 0.15) is 15.4 Å². The first-order valence-corrected chi connectivity index (χ1v) is 5.52. The second kappa shape index (κ2) is 4.95. The smallest absolute Gasteiger partial charge is 0.115 e. The van der Waals surface area contributed by atoms with Crippen LogP contribution in [0, 0.1) is 6.92 Å². The molecule has 0 aromatic carbocycles. The number of aromatic nitrogens is 3. The van der Waals surface area contributed by atoms with E-state index in [1.54, 1.807) is 11.3 Å². The maximum Gasteiger partial charge on any atom is 0.115 e. The molecule has 0 spiro atoms. The number of aryl methyl sites for hydroxylation is 1. The number of nitrogens with one attached hydrogen (secondary N) is 1. The predicted octanol–water partition coefficient (Wildman–Crippen LogP) is 1.53. The highest BCUT2D eigenvalue weighted by Gasteiger charge is 1.98. The van der Waals surface area contributed by atoms with Crippen LogP contribution in [0.15, 0.2) is 24.9 Å². The Morgan fingerprint density at radius 1 is 1.20 bits per heavy atom. The third kappa shape index (κ3) is 3.07. The Bertz CT molecular complexity index is 412. The molecule has 0 fully saturated rings. The number of thiazole rings is 1. The van der Waals surface area contributed by atoms with E-state index in [0.29, 0.717) is 0 Å². The molecule has 2 rings (SSSR count). The van der Waals surface area contributed by atoms with Gasteiger partial charge in [-0.2, -0.15) is 0 Å². The maximum absolute atomic E-state index is 4.27. The summed E-state index contributed by atoms with van der Waals surface area (Å²) in [6.07, 6.45) is 7.06. The van der Waals surface area contributed by atoms with Crippen LogP contribution in [0.2, 0.25) is 0 Å². The molecule has 2 aromatic heterocycles. The van der Waals surface area contributed by atoms with Gasteiger partial charge in [0, 0.05) is 42.1 Å². The number of hydrogen-bond acceptors (Lipinski definition) is 5. The van der Waals surface area contributed by atoms with Crippen molar-refractivity contribution in [2.45, 2.75) is 20.0 Å². The minimum absolute atomic E-state index is 0.777. The predicted molar refractivity (Wildman–Crippen MR) is 59.4 cm³/mol.